The standard InChI is InChI=1S/C49H94N2O7/c1-3-5-7-9-11-13-15-17-19-21-23-25-27-29-31-33-44-56-48(54)47(58-46(53)36-35-37-50-38-40-51(41-39-50)42-43-52)49(55)57-45-34-32-30-28-26-24-22-20-18-16-14-12-10-8-6-4-2/h47,52H,3-45H2,1-2H3. The monoisotopic (exact) mass is 823 g/mol. The van der Waals surface area contributed by atoms with Crippen molar-refractivity contribution in [3.8, 4) is 0 Å². The predicted octanol–water partition coefficient (Wildman–Crippen LogP) is 11.9. The Kier molecular flexibility index (Phi) is 39.3. The van der Waals surface area contributed by atoms with E-state index in [1.807, 2.05) is 0 Å². The molecule has 0 unspecified atom stereocenters. The molecule has 0 aliphatic carbocycles. The summed E-state index contributed by atoms with van der Waals surface area (Å²) in [6.45, 7) is 10.1. The van der Waals surface area contributed by atoms with Crippen LogP contribution in [-0.2, 0) is 28.6 Å². The van der Waals surface area contributed by atoms with E-state index in [0.717, 1.165) is 71.2 Å². The van der Waals surface area contributed by atoms with Crippen LogP contribution in [0.3, 0.4) is 0 Å². The van der Waals surface area contributed by atoms with Crippen molar-refractivity contribution in [1.29, 1.82) is 0 Å². The van der Waals surface area contributed by atoms with Crippen molar-refractivity contribution in [1.82, 2.24) is 9.80 Å². The molecule has 0 bridgehead atoms. The van der Waals surface area contributed by atoms with Gasteiger partial charge in [0.15, 0.2) is 0 Å². The number of esters is 3. The number of hydrogen-bond acceptors (Lipinski definition) is 9. The van der Waals surface area contributed by atoms with Crippen molar-refractivity contribution in [3.63, 3.8) is 0 Å². The van der Waals surface area contributed by atoms with Crippen molar-refractivity contribution >= 4 is 17.9 Å². The smallest absolute Gasteiger partial charge is 0.359 e. The normalized spacial score (nSPS) is 13.7. The Morgan fingerprint density at radius 2 is 0.724 bits per heavy atom. The van der Waals surface area contributed by atoms with Crippen LogP contribution in [0.1, 0.15) is 232 Å². The lowest BCUT2D eigenvalue weighted by molar-refractivity contribution is -0.180. The molecule has 1 saturated heterocycles. The second kappa shape index (κ2) is 42.0. The lowest BCUT2D eigenvalue weighted by Crippen LogP contribution is -2.47. The number of β-amino-alcohol motifs (C(OH)–C–C–N with tert-alkyl or cyclic N) is 1. The van der Waals surface area contributed by atoms with Gasteiger partial charge in [0, 0.05) is 39.1 Å². The highest BCUT2D eigenvalue weighted by Crippen LogP contribution is 2.16. The Hall–Kier alpha value is -1.71. The molecule has 9 nitrogen and oxygen atoms in total. The third-order valence-electron chi connectivity index (χ3n) is 11.9. The average Bonchev–Trinajstić information content (AvgIpc) is 3.22. The Bertz CT molecular complexity index is 877. The van der Waals surface area contributed by atoms with Gasteiger partial charge in [0.05, 0.1) is 19.8 Å². The van der Waals surface area contributed by atoms with Gasteiger partial charge in [-0.1, -0.05) is 206 Å². The fraction of sp³-hybridized carbons (Fsp3) is 0.939. The van der Waals surface area contributed by atoms with Crippen molar-refractivity contribution in [3.05, 3.63) is 0 Å². The maximum absolute atomic E-state index is 13.0. The van der Waals surface area contributed by atoms with Gasteiger partial charge >= 0.3 is 17.9 Å². The van der Waals surface area contributed by atoms with Gasteiger partial charge in [-0.05, 0) is 25.8 Å². The zero-order chi connectivity index (χ0) is 42.0. The van der Waals surface area contributed by atoms with Crippen LogP contribution in [0.15, 0.2) is 0 Å². The minimum Gasteiger partial charge on any atom is -0.462 e. The zero-order valence-corrected chi connectivity index (χ0v) is 38.3. The minimum absolute atomic E-state index is 0.117. The first-order valence-electron chi connectivity index (χ1n) is 25.1. The van der Waals surface area contributed by atoms with E-state index in [0.29, 0.717) is 13.0 Å². The zero-order valence-electron chi connectivity index (χ0n) is 38.3. The third-order valence-corrected chi connectivity index (χ3v) is 11.9. The van der Waals surface area contributed by atoms with Gasteiger partial charge in [-0.25, -0.2) is 9.59 Å². The largest absolute Gasteiger partial charge is 0.462 e. The number of aliphatic hydroxyl groups excluding tert-OH is 1. The van der Waals surface area contributed by atoms with Gasteiger partial charge in [0.1, 0.15) is 0 Å². The lowest BCUT2D eigenvalue weighted by Gasteiger charge is -2.34. The lowest BCUT2D eigenvalue weighted by atomic mass is 10.0. The number of ether oxygens (including phenoxy) is 3. The number of carbonyl (C=O) groups is 3. The van der Waals surface area contributed by atoms with Gasteiger partial charge in [0.2, 0.25) is 0 Å². The number of nitrogens with zero attached hydrogens (tertiary/aromatic N) is 2. The van der Waals surface area contributed by atoms with E-state index in [-0.39, 0.29) is 26.2 Å². The summed E-state index contributed by atoms with van der Waals surface area (Å²) in [5, 5.41) is 9.18. The SMILES string of the molecule is CCCCCCCCCCCCCCCCCCOC(=O)C(OC(=O)CCCN1CCN(CCO)CC1)C(=O)OCCCCCCCCCCCCCCCCCC. The highest BCUT2D eigenvalue weighted by atomic mass is 16.6. The Morgan fingerprint density at radius 3 is 1.03 bits per heavy atom. The fourth-order valence-electron chi connectivity index (χ4n) is 8.00. The molecule has 0 radical (unpaired) electrons. The molecule has 1 aliphatic rings. The van der Waals surface area contributed by atoms with Crippen LogP contribution in [0.5, 0.6) is 0 Å². The molecule has 0 saturated carbocycles. The van der Waals surface area contributed by atoms with Gasteiger partial charge in [-0.2, -0.15) is 0 Å². The van der Waals surface area contributed by atoms with Crippen molar-refractivity contribution in [2.24, 2.45) is 0 Å². The van der Waals surface area contributed by atoms with E-state index in [1.165, 1.54) is 167 Å². The highest BCUT2D eigenvalue weighted by molar-refractivity contribution is 5.99. The van der Waals surface area contributed by atoms with Crippen LogP contribution in [-0.4, -0.2) is 98.0 Å². The first kappa shape index (κ1) is 54.3. The Balaban J connectivity index is 2.27. The molecule has 58 heavy (non-hydrogen) atoms. The molecule has 0 amide bonds. The van der Waals surface area contributed by atoms with Crippen LogP contribution >= 0.6 is 0 Å². The Morgan fingerprint density at radius 1 is 0.431 bits per heavy atom. The van der Waals surface area contributed by atoms with Crippen LogP contribution in [0.2, 0.25) is 0 Å². The molecule has 1 fully saturated rings. The minimum atomic E-state index is -1.67. The summed E-state index contributed by atoms with van der Waals surface area (Å²) in [5.41, 5.74) is 0. The number of carbonyl (C=O) groups excluding carboxylic acids is 3. The van der Waals surface area contributed by atoms with Gasteiger partial charge in [-0.3, -0.25) is 9.69 Å². The van der Waals surface area contributed by atoms with Gasteiger partial charge in [0.25, 0.3) is 6.10 Å². The second-order valence-corrected chi connectivity index (χ2v) is 17.3. The molecule has 0 spiro atoms. The van der Waals surface area contributed by atoms with Crippen molar-refractivity contribution in [2.45, 2.75) is 238 Å². The molecule has 1 N–H and O–H groups in total. The summed E-state index contributed by atoms with van der Waals surface area (Å²) in [7, 11) is 0. The van der Waals surface area contributed by atoms with E-state index in [2.05, 4.69) is 23.6 Å². The molecule has 1 heterocycles. The quantitative estimate of drug-likeness (QED) is 0.0278. The molecule has 1 rings (SSSR count). The predicted molar refractivity (Wildman–Crippen MR) is 240 cm³/mol. The van der Waals surface area contributed by atoms with Crippen LogP contribution in [0, 0.1) is 0 Å². The highest BCUT2D eigenvalue weighted by Gasteiger charge is 2.34. The molecular formula is C49H94N2O7. The van der Waals surface area contributed by atoms with E-state index >= 15 is 0 Å². The second-order valence-electron chi connectivity index (χ2n) is 17.3. The molecule has 0 aromatic heterocycles. The summed E-state index contributed by atoms with van der Waals surface area (Å²) in [6.07, 6.45) is 39.5. The molecule has 0 aromatic rings. The summed E-state index contributed by atoms with van der Waals surface area (Å²) in [5.74, 6) is -2.24. The van der Waals surface area contributed by atoms with Crippen LogP contribution < -0.4 is 0 Å². The maximum Gasteiger partial charge on any atom is 0.359 e. The first-order chi connectivity index (χ1) is 28.5. The van der Waals surface area contributed by atoms with Crippen molar-refractivity contribution in [2.75, 3.05) is 59.1 Å². The van der Waals surface area contributed by atoms with E-state index < -0.39 is 24.0 Å². The Labute approximate surface area is 357 Å². The number of piperazine rings is 1. The van der Waals surface area contributed by atoms with Gasteiger partial charge < -0.3 is 24.2 Å². The molecule has 342 valence electrons. The fourth-order valence-corrected chi connectivity index (χ4v) is 8.00. The van der Waals surface area contributed by atoms with E-state index in [4.69, 9.17) is 14.2 Å². The summed E-state index contributed by atoms with van der Waals surface area (Å²) in [6, 6.07) is 0. The summed E-state index contributed by atoms with van der Waals surface area (Å²) < 4.78 is 16.4. The van der Waals surface area contributed by atoms with Crippen LogP contribution in [0.4, 0.5) is 0 Å². The molecular weight excluding hydrogens is 729 g/mol. The third kappa shape index (κ3) is 34.0. The first-order valence-corrected chi connectivity index (χ1v) is 25.1. The number of unbranched alkanes of at least 4 members (excludes halogenated alkanes) is 30. The molecule has 1 aliphatic heterocycles. The topological polar surface area (TPSA) is 106 Å². The van der Waals surface area contributed by atoms with Crippen LogP contribution in [0.25, 0.3) is 0 Å². The van der Waals surface area contributed by atoms with Crippen molar-refractivity contribution < 1.29 is 33.7 Å². The maximum atomic E-state index is 13.0. The molecule has 0 atom stereocenters. The molecule has 9 heteroatoms. The summed E-state index contributed by atoms with van der Waals surface area (Å²) >= 11 is 0. The summed E-state index contributed by atoms with van der Waals surface area (Å²) in [4.78, 5) is 43.4. The number of aliphatic hydroxyl groups is 1. The number of rotatable bonds is 43. The van der Waals surface area contributed by atoms with Gasteiger partial charge in [-0.15, -0.1) is 0 Å². The number of hydrogen-bond donors (Lipinski definition) is 1. The average molecular weight is 823 g/mol. The molecule has 0 aromatic carbocycles. The van der Waals surface area contributed by atoms with E-state index in [1.54, 1.807) is 0 Å². The van der Waals surface area contributed by atoms with E-state index in [9.17, 15) is 19.5 Å².